The molecule has 1 aromatic heterocycles. The summed E-state index contributed by atoms with van der Waals surface area (Å²) in [6.45, 7) is 2.07. The predicted molar refractivity (Wildman–Crippen MR) is 94.0 cm³/mol. The van der Waals surface area contributed by atoms with Crippen molar-refractivity contribution in [2.75, 3.05) is 6.61 Å². The minimum atomic E-state index is -0.623. The fraction of sp³-hybridized carbons (Fsp3) is 0.350. The summed E-state index contributed by atoms with van der Waals surface area (Å²) < 4.78 is 5.27. The number of hydrogen-bond acceptors (Lipinski definition) is 4. The van der Waals surface area contributed by atoms with Gasteiger partial charge in [0.15, 0.2) is 0 Å². The van der Waals surface area contributed by atoms with E-state index < -0.39 is 6.04 Å². The van der Waals surface area contributed by atoms with E-state index in [1.807, 2.05) is 30.3 Å². The molecule has 130 valence electrons. The van der Waals surface area contributed by atoms with E-state index in [4.69, 9.17) is 4.74 Å². The van der Waals surface area contributed by atoms with Crippen LogP contribution in [0.1, 0.15) is 35.7 Å². The third-order valence-electron chi connectivity index (χ3n) is 4.25. The molecule has 0 aliphatic heterocycles. The van der Waals surface area contributed by atoms with E-state index in [2.05, 4.69) is 4.98 Å². The average molecular weight is 338 g/mol. The van der Waals surface area contributed by atoms with E-state index in [9.17, 15) is 9.59 Å². The summed E-state index contributed by atoms with van der Waals surface area (Å²) in [5, 5.41) is 0. The first kappa shape index (κ1) is 17.1. The summed E-state index contributed by atoms with van der Waals surface area (Å²) in [5.74, 6) is -0.514. The second kappa shape index (κ2) is 7.92. The fourth-order valence-corrected chi connectivity index (χ4v) is 2.92. The van der Waals surface area contributed by atoms with Crippen LogP contribution in [0.2, 0.25) is 0 Å². The first-order valence-electron chi connectivity index (χ1n) is 8.64. The summed E-state index contributed by atoms with van der Waals surface area (Å²) in [7, 11) is 0. The highest BCUT2D eigenvalue weighted by atomic mass is 16.5. The molecule has 0 unspecified atom stereocenters. The van der Waals surface area contributed by atoms with E-state index in [1.165, 1.54) is 0 Å². The number of amides is 1. The summed E-state index contributed by atoms with van der Waals surface area (Å²) in [5.41, 5.74) is 1.50. The molecule has 2 aromatic rings. The predicted octanol–water partition coefficient (Wildman–Crippen LogP) is 2.86. The highest BCUT2D eigenvalue weighted by Crippen LogP contribution is 2.31. The Morgan fingerprint density at radius 3 is 2.56 bits per heavy atom. The molecular weight excluding hydrogens is 316 g/mol. The van der Waals surface area contributed by atoms with Crippen molar-refractivity contribution in [3.05, 3.63) is 66.0 Å². The monoisotopic (exact) mass is 338 g/mol. The second-order valence-electron chi connectivity index (χ2n) is 6.14. The second-order valence-corrected chi connectivity index (χ2v) is 6.14. The maximum atomic E-state index is 13.0. The lowest BCUT2D eigenvalue weighted by molar-refractivity contribution is -0.148. The van der Waals surface area contributed by atoms with E-state index in [0.29, 0.717) is 18.6 Å². The van der Waals surface area contributed by atoms with Gasteiger partial charge in [0.05, 0.1) is 12.2 Å². The molecule has 0 bridgehead atoms. The van der Waals surface area contributed by atoms with Crippen LogP contribution >= 0.6 is 0 Å². The van der Waals surface area contributed by atoms with Crippen molar-refractivity contribution < 1.29 is 14.3 Å². The van der Waals surface area contributed by atoms with Crippen molar-refractivity contribution in [2.24, 2.45) is 0 Å². The molecule has 5 heteroatoms. The van der Waals surface area contributed by atoms with Gasteiger partial charge in [0.1, 0.15) is 6.04 Å². The highest BCUT2D eigenvalue weighted by molar-refractivity contribution is 5.97. The third-order valence-corrected chi connectivity index (χ3v) is 4.25. The molecule has 3 rings (SSSR count). The van der Waals surface area contributed by atoms with Crippen molar-refractivity contribution >= 4 is 11.9 Å². The number of benzene rings is 1. The van der Waals surface area contributed by atoms with Gasteiger partial charge < -0.3 is 9.64 Å². The molecule has 5 nitrogen and oxygen atoms in total. The minimum Gasteiger partial charge on any atom is -0.464 e. The zero-order chi connectivity index (χ0) is 17.6. The Morgan fingerprint density at radius 2 is 1.96 bits per heavy atom. The topological polar surface area (TPSA) is 59.5 Å². The first-order chi connectivity index (χ1) is 12.2. The van der Waals surface area contributed by atoms with Gasteiger partial charge in [-0.3, -0.25) is 9.78 Å². The van der Waals surface area contributed by atoms with E-state index in [-0.39, 0.29) is 17.9 Å². The molecule has 1 aliphatic carbocycles. The summed E-state index contributed by atoms with van der Waals surface area (Å²) in [6, 6.07) is 12.7. The SMILES string of the molecule is CCOC(=O)[C@H](Cc1ccccc1)N(C(=O)c1cccnc1)C1CC1. The number of nitrogens with zero attached hydrogens (tertiary/aromatic N) is 2. The number of pyridine rings is 1. The van der Waals surface area contributed by atoms with Gasteiger partial charge >= 0.3 is 5.97 Å². The number of ether oxygens (including phenoxy) is 1. The molecule has 1 amide bonds. The molecule has 0 saturated heterocycles. The molecule has 1 atom stereocenters. The minimum absolute atomic E-state index is 0.0887. The number of carbonyl (C=O) groups excluding carboxylic acids is 2. The Labute approximate surface area is 147 Å². The van der Waals surface area contributed by atoms with Crippen molar-refractivity contribution in [1.29, 1.82) is 0 Å². The lowest BCUT2D eigenvalue weighted by atomic mass is 10.0. The Kier molecular flexibility index (Phi) is 5.43. The summed E-state index contributed by atoms with van der Waals surface area (Å²) in [6.07, 6.45) is 5.45. The lowest BCUT2D eigenvalue weighted by Gasteiger charge is -2.30. The van der Waals surface area contributed by atoms with Crippen LogP contribution in [0.3, 0.4) is 0 Å². The van der Waals surface area contributed by atoms with Gasteiger partial charge in [-0.2, -0.15) is 0 Å². The largest absolute Gasteiger partial charge is 0.464 e. The Hall–Kier alpha value is -2.69. The Morgan fingerprint density at radius 1 is 1.20 bits per heavy atom. The number of aromatic nitrogens is 1. The first-order valence-corrected chi connectivity index (χ1v) is 8.64. The van der Waals surface area contributed by atoms with Crippen LogP contribution in [0.4, 0.5) is 0 Å². The van der Waals surface area contributed by atoms with Crippen LogP contribution in [-0.4, -0.2) is 40.5 Å². The van der Waals surface area contributed by atoms with Gasteiger partial charge in [0.25, 0.3) is 5.91 Å². The number of carbonyl (C=O) groups is 2. The Balaban J connectivity index is 1.90. The zero-order valence-electron chi connectivity index (χ0n) is 14.3. The average Bonchev–Trinajstić information content (AvgIpc) is 3.48. The van der Waals surface area contributed by atoms with Crippen LogP contribution in [-0.2, 0) is 16.0 Å². The summed E-state index contributed by atoms with van der Waals surface area (Å²) in [4.78, 5) is 31.4. The van der Waals surface area contributed by atoms with E-state index >= 15 is 0 Å². The number of rotatable bonds is 7. The molecule has 1 saturated carbocycles. The standard InChI is InChI=1S/C20H22N2O3/c1-2-25-20(24)18(13-15-7-4-3-5-8-15)22(17-10-11-17)19(23)16-9-6-12-21-14-16/h3-9,12,14,17-18H,2,10-11,13H2,1H3/t18-/m0/s1. The lowest BCUT2D eigenvalue weighted by Crippen LogP contribution is -2.48. The van der Waals surface area contributed by atoms with E-state index in [1.54, 1.807) is 36.4 Å². The fourth-order valence-electron chi connectivity index (χ4n) is 2.92. The van der Waals surface area contributed by atoms with Crippen LogP contribution in [0, 0.1) is 0 Å². The van der Waals surface area contributed by atoms with Crippen molar-refractivity contribution in [3.8, 4) is 0 Å². The highest BCUT2D eigenvalue weighted by Gasteiger charge is 2.41. The van der Waals surface area contributed by atoms with Crippen LogP contribution in [0.5, 0.6) is 0 Å². The van der Waals surface area contributed by atoms with Crippen LogP contribution in [0.15, 0.2) is 54.9 Å². The van der Waals surface area contributed by atoms with Gasteiger partial charge in [-0.15, -0.1) is 0 Å². The smallest absolute Gasteiger partial charge is 0.329 e. The molecular formula is C20H22N2O3. The maximum Gasteiger partial charge on any atom is 0.329 e. The Bertz CT molecular complexity index is 714. The molecule has 0 spiro atoms. The molecule has 1 aromatic carbocycles. The van der Waals surface area contributed by atoms with Gasteiger partial charge in [-0.05, 0) is 37.5 Å². The van der Waals surface area contributed by atoms with Crippen LogP contribution < -0.4 is 0 Å². The molecule has 1 aliphatic rings. The number of hydrogen-bond donors (Lipinski definition) is 0. The van der Waals surface area contributed by atoms with Crippen molar-refractivity contribution in [3.63, 3.8) is 0 Å². The third kappa shape index (κ3) is 4.24. The molecule has 25 heavy (non-hydrogen) atoms. The van der Waals surface area contributed by atoms with Crippen molar-refractivity contribution in [2.45, 2.75) is 38.3 Å². The molecule has 0 radical (unpaired) electrons. The van der Waals surface area contributed by atoms with E-state index in [0.717, 1.165) is 18.4 Å². The zero-order valence-corrected chi connectivity index (χ0v) is 14.3. The van der Waals surface area contributed by atoms with Gasteiger partial charge in [0.2, 0.25) is 0 Å². The molecule has 1 fully saturated rings. The van der Waals surface area contributed by atoms with Gasteiger partial charge in [-0.25, -0.2) is 4.79 Å². The van der Waals surface area contributed by atoms with Crippen LogP contribution in [0.25, 0.3) is 0 Å². The quantitative estimate of drug-likeness (QED) is 0.729. The van der Waals surface area contributed by atoms with Gasteiger partial charge in [-0.1, -0.05) is 30.3 Å². The maximum absolute atomic E-state index is 13.0. The molecule has 0 N–H and O–H groups in total. The molecule has 1 heterocycles. The van der Waals surface area contributed by atoms with Crippen molar-refractivity contribution in [1.82, 2.24) is 9.88 Å². The number of esters is 1. The normalized spacial score (nSPS) is 14.6. The van der Waals surface area contributed by atoms with Gasteiger partial charge in [0, 0.05) is 24.9 Å². The summed E-state index contributed by atoms with van der Waals surface area (Å²) >= 11 is 0.